The molecule has 112 valence electrons. The first-order chi connectivity index (χ1) is 10.1. The first-order valence-electron chi connectivity index (χ1n) is 7.35. The molecule has 0 aromatic heterocycles. The van der Waals surface area contributed by atoms with E-state index in [9.17, 15) is 5.11 Å². The third-order valence-electron chi connectivity index (χ3n) is 3.59. The number of nitrogens with one attached hydrogen (secondary N) is 1. The van der Waals surface area contributed by atoms with Crippen LogP contribution in [0.3, 0.4) is 0 Å². The van der Waals surface area contributed by atoms with Crippen molar-refractivity contribution < 1.29 is 9.84 Å². The van der Waals surface area contributed by atoms with Crippen molar-refractivity contribution in [1.29, 1.82) is 0 Å². The van der Waals surface area contributed by atoms with Gasteiger partial charge in [-0.3, -0.25) is 0 Å². The molecule has 0 saturated heterocycles. The average Bonchev–Trinajstić information content (AvgIpc) is 2.48. The zero-order valence-electron chi connectivity index (χ0n) is 12.9. The van der Waals surface area contributed by atoms with Crippen molar-refractivity contribution in [2.75, 3.05) is 6.61 Å². The van der Waals surface area contributed by atoms with E-state index < -0.39 is 0 Å². The van der Waals surface area contributed by atoms with Crippen LogP contribution in [0, 0.1) is 6.92 Å². The highest BCUT2D eigenvalue weighted by atomic mass is 16.5. The Kier molecular flexibility index (Phi) is 5.23. The van der Waals surface area contributed by atoms with Gasteiger partial charge in [0.05, 0.1) is 6.61 Å². The second kappa shape index (κ2) is 7.14. The Labute approximate surface area is 126 Å². The van der Waals surface area contributed by atoms with Gasteiger partial charge in [-0.25, -0.2) is 0 Å². The van der Waals surface area contributed by atoms with Gasteiger partial charge in [-0.2, -0.15) is 0 Å². The fourth-order valence-electron chi connectivity index (χ4n) is 2.39. The lowest BCUT2D eigenvalue weighted by Gasteiger charge is -2.17. The van der Waals surface area contributed by atoms with Crippen LogP contribution in [-0.2, 0) is 6.54 Å². The standard InChI is InChI=1S/C18H23NO2/c1-4-21-18-11-15(9-10-17(18)20)12-19-14(3)16-8-6-5-7-13(16)2/h5-11,14,19-20H,4,12H2,1-3H3/t14-/m0/s1. The van der Waals surface area contributed by atoms with Crippen molar-refractivity contribution in [2.24, 2.45) is 0 Å². The summed E-state index contributed by atoms with van der Waals surface area (Å²) in [6.45, 7) is 7.47. The molecule has 0 spiro atoms. The number of phenols is 1. The number of rotatable bonds is 6. The Morgan fingerprint density at radius 2 is 1.95 bits per heavy atom. The Bertz CT molecular complexity index is 596. The summed E-state index contributed by atoms with van der Waals surface area (Å²) in [6, 6.07) is 14.1. The Balaban J connectivity index is 2.03. The minimum absolute atomic E-state index is 0.188. The lowest BCUT2D eigenvalue weighted by Crippen LogP contribution is -2.18. The molecule has 0 unspecified atom stereocenters. The summed E-state index contributed by atoms with van der Waals surface area (Å²) in [5.41, 5.74) is 3.69. The normalized spacial score (nSPS) is 12.1. The quantitative estimate of drug-likeness (QED) is 0.844. The summed E-state index contributed by atoms with van der Waals surface area (Å²) in [5.74, 6) is 0.730. The average molecular weight is 285 g/mol. The number of aromatic hydroxyl groups is 1. The number of benzene rings is 2. The van der Waals surface area contributed by atoms with Gasteiger partial charge in [-0.05, 0) is 49.6 Å². The van der Waals surface area contributed by atoms with E-state index >= 15 is 0 Å². The summed E-state index contributed by atoms with van der Waals surface area (Å²) in [6.07, 6.45) is 0. The van der Waals surface area contributed by atoms with E-state index in [1.807, 2.05) is 19.1 Å². The van der Waals surface area contributed by atoms with Crippen LogP contribution in [0.4, 0.5) is 0 Å². The van der Waals surface area contributed by atoms with Crippen molar-refractivity contribution in [2.45, 2.75) is 33.4 Å². The maximum atomic E-state index is 9.71. The molecule has 0 aliphatic heterocycles. The summed E-state index contributed by atoms with van der Waals surface area (Å²) in [7, 11) is 0. The minimum Gasteiger partial charge on any atom is -0.504 e. The molecule has 2 N–H and O–H groups in total. The molecule has 0 radical (unpaired) electrons. The van der Waals surface area contributed by atoms with Crippen LogP contribution in [0.5, 0.6) is 11.5 Å². The summed E-state index contributed by atoms with van der Waals surface area (Å²) in [4.78, 5) is 0. The molecule has 0 fully saturated rings. The second-order valence-electron chi connectivity index (χ2n) is 5.19. The van der Waals surface area contributed by atoms with Crippen molar-refractivity contribution in [3.05, 3.63) is 59.2 Å². The van der Waals surface area contributed by atoms with Crippen molar-refractivity contribution in [3.8, 4) is 11.5 Å². The zero-order chi connectivity index (χ0) is 15.2. The largest absolute Gasteiger partial charge is 0.504 e. The molecule has 0 bridgehead atoms. The molecule has 21 heavy (non-hydrogen) atoms. The monoisotopic (exact) mass is 285 g/mol. The lowest BCUT2D eigenvalue weighted by atomic mass is 10.0. The summed E-state index contributed by atoms with van der Waals surface area (Å²) < 4.78 is 5.41. The van der Waals surface area contributed by atoms with Crippen LogP contribution in [0.15, 0.2) is 42.5 Å². The van der Waals surface area contributed by atoms with Crippen LogP contribution in [0.25, 0.3) is 0 Å². The molecule has 0 aliphatic rings. The minimum atomic E-state index is 0.188. The molecule has 0 saturated carbocycles. The molecule has 3 heteroatoms. The molecular weight excluding hydrogens is 262 g/mol. The molecule has 0 aliphatic carbocycles. The fourth-order valence-corrected chi connectivity index (χ4v) is 2.39. The number of aryl methyl sites for hydroxylation is 1. The first kappa shape index (κ1) is 15.4. The first-order valence-corrected chi connectivity index (χ1v) is 7.35. The highest BCUT2D eigenvalue weighted by Crippen LogP contribution is 2.27. The Morgan fingerprint density at radius 3 is 2.67 bits per heavy atom. The van der Waals surface area contributed by atoms with Gasteiger partial charge in [0.2, 0.25) is 0 Å². The van der Waals surface area contributed by atoms with Gasteiger partial charge < -0.3 is 15.2 Å². The van der Waals surface area contributed by atoms with Gasteiger partial charge in [0.25, 0.3) is 0 Å². The fraction of sp³-hybridized carbons (Fsp3) is 0.333. The summed E-state index contributed by atoms with van der Waals surface area (Å²) in [5, 5.41) is 13.2. The second-order valence-corrected chi connectivity index (χ2v) is 5.19. The van der Waals surface area contributed by atoms with E-state index in [1.165, 1.54) is 11.1 Å². The molecule has 2 aromatic carbocycles. The smallest absolute Gasteiger partial charge is 0.161 e. The van der Waals surface area contributed by atoms with Crippen LogP contribution in [-0.4, -0.2) is 11.7 Å². The Hall–Kier alpha value is -2.00. The van der Waals surface area contributed by atoms with E-state index in [-0.39, 0.29) is 11.8 Å². The molecule has 2 rings (SSSR count). The predicted octanol–water partition coefficient (Wildman–Crippen LogP) is 3.95. The number of phenolic OH excluding ortho intramolecular Hbond substituents is 1. The third-order valence-corrected chi connectivity index (χ3v) is 3.59. The zero-order valence-corrected chi connectivity index (χ0v) is 12.9. The maximum absolute atomic E-state index is 9.71. The highest BCUT2D eigenvalue weighted by molar-refractivity contribution is 5.41. The lowest BCUT2D eigenvalue weighted by molar-refractivity contribution is 0.317. The van der Waals surface area contributed by atoms with Crippen LogP contribution < -0.4 is 10.1 Å². The SMILES string of the molecule is CCOc1cc(CN[C@@H](C)c2ccccc2C)ccc1O. The topological polar surface area (TPSA) is 41.5 Å². The van der Waals surface area contributed by atoms with Gasteiger partial charge >= 0.3 is 0 Å². The molecule has 2 aromatic rings. The van der Waals surface area contributed by atoms with Gasteiger partial charge in [0.1, 0.15) is 0 Å². The van der Waals surface area contributed by atoms with Gasteiger partial charge in [0.15, 0.2) is 11.5 Å². The third kappa shape index (κ3) is 3.99. The molecule has 0 heterocycles. The van der Waals surface area contributed by atoms with Gasteiger partial charge in [-0.15, -0.1) is 0 Å². The van der Waals surface area contributed by atoms with Crippen molar-refractivity contribution >= 4 is 0 Å². The predicted molar refractivity (Wildman–Crippen MR) is 85.7 cm³/mol. The van der Waals surface area contributed by atoms with E-state index in [0.717, 1.165) is 12.1 Å². The number of hydrogen-bond acceptors (Lipinski definition) is 3. The summed E-state index contributed by atoms with van der Waals surface area (Å²) >= 11 is 0. The molecule has 3 nitrogen and oxygen atoms in total. The molecule has 1 atom stereocenters. The maximum Gasteiger partial charge on any atom is 0.161 e. The van der Waals surface area contributed by atoms with E-state index in [0.29, 0.717) is 12.4 Å². The van der Waals surface area contributed by atoms with Gasteiger partial charge in [0, 0.05) is 12.6 Å². The van der Waals surface area contributed by atoms with E-state index in [2.05, 4.69) is 43.4 Å². The van der Waals surface area contributed by atoms with Crippen LogP contribution >= 0.6 is 0 Å². The molecular formula is C18H23NO2. The van der Waals surface area contributed by atoms with Crippen LogP contribution in [0.2, 0.25) is 0 Å². The van der Waals surface area contributed by atoms with Crippen LogP contribution in [0.1, 0.15) is 36.6 Å². The van der Waals surface area contributed by atoms with Crippen molar-refractivity contribution in [1.82, 2.24) is 5.32 Å². The van der Waals surface area contributed by atoms with E-state index in [1.54, 1.807) is 6.07 Å². The van der Waals surface area contributed by atoms with Crippen molar-refractivity contribution in [3.63, 3.8) is 0 Å². The number of ether oxygens (including phenoxy) is 1. The van der Waals surface area contributed by atoms with E-state index in [4.69, 9.17) is 4.74 Å². The number of hydrogen-bond donors (Lipinski definition) is 2. The highest BCUT2D eigenvalue weighted by Gasteiger charge is 2.08. The molecule has 0 amide bonds. The van der Waals surface area contributed by atoms with Gasteiger partial charge in [-0.1, -0.05) is 30.3 Å². The Morgan fingerprint density at radius 1 is 1.19 bits per heavy atom.